The number of methoxy groups -OCH3 is 1. The molecule has 2 unspecified atom stereocenters. The van der Waals surface area contributed by atoms with E-state index in [2.05, 4.69) is 10.6 Å². The number of anilines is 1. The Bertz CT molecular complexity index is 531. The zero-order chi connectivity index (χ0) is 14.7. The fraction of sp³-hybridized carbons (Fsp3) is 0.385. The molecule has 20 heavy (non-hydrogen) atoms. The van der Waals surface area contributed by atoms with Crippen LogP contribution in [0.4, 0.5) is 5.69 Å². The third kappa shape index (κ3) is 3.06. The first kappa shape index (κ1) is 14.3. The summed E-state index contributed by atoms with van der Waals surface area (Å²) >= 11 is 0. The molecule has 1 aliphatic rings. The molecule has 2 atom stereocenters. The number of carboxylic acid groups (broad SMARTS) is 1. The highest BCUT2D eigenvalue weighted by Gasteiger charge is 2.28. The van der Waals surface area contributed by atoms with Crippen LogP contribution in [0, 0.1) is 0 Å². The molecule has 108 valence electrons. The third-order valence-corrected chi connectivity index (χ3v) is 3.14. The molecule has 0 radical (unpaired) electrons. The molecule has 0 bridgehead atoms. The number of hydrogen-bond donors (Lipinski definition) is 4. The Labute approximate surface area is 115 Å². The number of carbonyl (C=O) groups excluding carboxylic acids is 1. The van der Waals surface area contributed by atoms with Crippen molar-refractivity contribution in [1.82, 2.24) is 5.32 Å². The maximum Gasteiger partial charge on any atom is 0.337 e. The summed E-state index contributed by atoms with van der Waals surface area (Å²) in [6.07, 6.45) is -0.245. The monoisotopic (exact) mass is 280 g/mol. The van der Waals surface area contributed by atoms with Crippen molar-refractivity contribution in [1.29, 1.82) is 0 Å². The number of aromatic carboxylic acids is 1. The smallest absolute Gasteiger partial charge is 0.337 e. The van der Waals surface area contributed by atoms with Gasteiger partial charge in [0.15, 0.2) is 0 Å². The van der Waals surface area contributed by atoms with Gasteiger partial charge in [0, 0.05) is 6.54 Å². The second kappa shape index (κ2) is 5.89. The van der Waals surface area contributed by atoms with Crippen molar-refractivity contribution >= 4 is 17.6 Å². The standard InChI is InChI=1S/C13H16N2O5/c1-20-8-2-3-10(9(5-8)13(18)19)15-12(17)11-4-7(16)6-14-11/h2-3,5,7,11,14,16H,4,6H2,1H3,(H,15,17)(H,18,19). The van der Waals surface area contributed by atoms with Crippen molar-refractivity contribution in [2.75, 3.05) is 19.0 Å². The van der Waals surface area contributed by atoms with Crippen LogP contribution < -0.4 is 15.4 Å². The maximum absolute atomic E-state index is 12.0. The number of hydrogen-bond acceptors (Lipinski definition) is 5. The van der Waals surface area contributed by atoms with Gasteiger partial charge in [0.1, 0.15) is 5.75 Å². The number of carboxylic acids is 1. The van der Waals surface area contributed by atoms with Crippen LogP contribution in [0.3, 0.4) is 0 Å². The number of rotatable bonds is 4. The van der Waals surface area contributed by atoms with Crippen LogP contribution in [0.25, 0.3) is 0 Å². The molecule has 1 aliphatic heterocycles. The minimum atomic E-state index is -1.15. The van der Waals surface area contributed by atoms with Gasteiger partial charge < -0.3 is 25.6 Å². The van der Waals surface area contributed by atoms with Crippen LogP contribution in [0.1, 0.15) is 16.8 Å². The van der Waals surface area contributed by atoms with Crippen molar-refractivity contribution in [3.63, 3.8) is 0 Å². The van der Waals surface area contributed by atoms with Crippen LogP contribution >= 0.6 is 0 Å². The average molecular weight is 280 g/mol. The normalized spacial score (nSPS) is 21.5. The van der Waals surface area contributed by atoms with Crippen LogP contribution in [0.2, 0.25) is 0 Å². The van der Waals surface area contributed by atoms with Gasteiger partial charge in [-0.25, -0.2) is 4.79 Å². The molecule has 1 amide bonds. The van der Waals surface area contributed by atoms with Gasteiger partial charge in [-0.05, 0) is 24.6 Å². The van der Waals surface area contributed by atoms with Gasteiger partial charge in [0.05, 0.1) is 30.5 Å². The Hall–Kier alpha value is -2.12. The molecule has 0 saturated carbocycles. The molecule has 7 heteroatoms. The van der Waals surface area contributed by atoms with Gasteiger partial charge in [-0.3, -0.25) is 4.79 Å². The van der Waals surface area contributed by atoms with E-state index in [9.17, 15) is 14.7 Å². The van der Waals surface area contributed by atoms with E-state index in [1.807, 2.05) is 0 Å². The first-order chi connectivity index (χ1) is 9.51. The molecule has 1 aromatic carbocycles. The van der Waals surface area contributed by atoms with E-state index >= 15 is 0 Å². The lowest BCUT2D eigenvalue weighted by Gasteiger charge is -2.13. The molecule has 0 aromatic heterocycles. The Morgan fingerprint density at radius 1 is 1.45 bits per heavy atom. The summed E-state index contributed by atoms with van der Waals surface area (Å²) in [5, 5.41) is 23.9. The number of amides is 1. The first-order valence-corrected chi connectivity index (χ1v) is 6.15. The maximum atomic E-state index is 12.0. The molecular formula is C13H16N2O5. The number of β-amino-alcohol motifs (C(OH)–C–C–N with tert-alkyl or cyclic N) is 1. The van der Waals surface area contributed by atoms with Gasteiger partial charge in [-0.1, -0.05) is 0 Å². The predicted octanol–water partition coefficient (Wildman–Crippen LogP) is 0.0547. The van der Waals surface area contributed by atoms with Gasteiger partial charge in [0.2, 0.25) is 5.91 Å². The molecule has 7 nitrogen and oxygen atoms in total. The van der Waals surface area contributed by atoms with Crippen molar-refractivity contribution < 1.29 is 24.5 Å². The zero-order valence-corrected chi connectivity index (χ0v) is 10.9. The second-order valence-electron chi connectivity index (χ2n) is 4.56. The van der Waals surface area contributed by atoms with Gasteiger partial charge >= 0.3 is 5.97 Å². The van der Waals surface area contributed by atoms with E-state index in [1.165, 1.54) is 19.2 Å². The van der Waals surface area contributed by atoms with Crippen LogP contribution in [-0.4, -0.2) is 47.9 Å². The second-order valence-corrected chi connectivity index (χ2v) is 4.56. The number of carbonyl (C=O) groups is 2. The molecule has 1 heterocycles. The molecule has 1 saturated heterocycles. The fourth-order valence-electron chi connectivity index (χ4n) is 2.07. The lowest BCUT2D eigenvalue weighted by atomic mass is 10.1. The van der Waals surface area contributed by atoms with E-state index < -0.39 is 18.1 Å². The summed E-state index contributed by atoms with van der Waals surface area (Å²) in [7, 11) is 1.43. The Morgan fingerprint density at radius 2 is 2.20 bits per heavy atom. The highest BCUT2D eigenvalue weighted by Crippen LogP contribution is 2.22. The van der Waals surface area contributed by atoms with Crippen molar-refractivity contribution in [3.05, 3.63) is 23.8 Å². The summed E-state index contributed by atoms with van der Waals surface area (Å²) in [5.74, 6) is -1.12. The Balaban J connectivity index is 2.16. The summed E-state index contributed by atoms with van der Waals surface area (Å²) in [6.45, 7) is 0.354. The predicted molar refractivity (Wildman–Crippen MR) is 71.0 cm³/mol. The van der Waals surface area contributed by atoms with Crippen LogP contribution in [-0.2, 0) is 4.79 Å². The number of benzene rings is 1. The lowest BCUT2D eigenvalue weighted by molar-refractivity contribution is -0.117. The van der Waals surface area contributed by atoms with Crippen LogP contribution in [0.5, 0.6) is 5.75 Å². The number of aliphatic hydroxyl groups is 1. The molecule has 1 fully saturated rings. The van der Waals surface area contributed by atoms with E-state index in [4.69, 9.17) is 9.84 Å². The number of ether oxygens (including phenoxy) is 1. The van der Waals surface area contributed by atoms with Crippen molar-refractivity contribution in [2.24, 2.45) is 0 Å². The van der Waals surface area contributed by atoms with Crippen molar-refractivity contribution in [2.45, 2.75) is 18.6 Å². The van der Waals surface area contributed by atoms with E-state index in [0.717, 1.165) is 0 Å². The van der Waals surface area contributed by atoms with Crippen LogP contribution in [0.15, 0.2) is 18.2 Å². The largest absolute Gasteiger partial charge is 0.497 e. The quantitative estimate of drug-likeness (QED) is 0.621. The molecule has 2 rings (SSSR count). The topological polar surface area (TPSA) is 108 Å². The van der Waals surface area contributed by atoms with E-state index in [-0.39, 0.29) is 17.2 Å². The molecular weight excluding hydrogens is 264 g/mol. The van der Waals surface area contributed by atoms with Gasteiger partial charge in [0.25, 0.3) is 0 Å². The third-order valence-electron chi connectivity index (χ3n) is 3.14. The summed E-state index contributed by atoms with van der Waals surface area (Å²) in [4.78, 5) is 23.2. The van der Waals surface area contributed by atoms with E-state index in [0.29, 0.717) is 18.7 Å². The fourth-order valence-corrected chi connectivity index (χ4v) is 2.07. The molecule has 0 aliphatic carbocycles. The lowest BCUT2D eigenvalue weighted by Crippen LogP contribution is -2.35. The molecule has 4 N–H and O–H groups in total. The Kier molecular flexibility index (Phi) is 4.21. The Morgan fingerprint density at radius 3 is 2.75 bits per heavy atom. The average Bonchev–Trinajstić information content (AvgIpc) is 2.85. The summed E-state index contributed by atoms with van der Waals surface area (Å²) in [5.41, 5.74) is 0.155. The summed E-state index contributed by atoms with van der Waals surface area (Å²) < 4.78 is 4.96. The molecule has 0 spiro atoms. The minimum Gasteiger partial charge on any atom is -0.497 e. The highest BCUT2D eigenvalue weighted by atomic mass is 16.5. The number of aliphatic hydroxyl groups excluding tert-OH is 1. The highest BCUT2D eigenvalue weighted by molar-refractivity contribution is 6.02. The zero-order valence-electron chi connectivity index (χ0n) is 10.9. The summed E-state index contributed by atoms with van der Waals surface area (Å²) in [6, 6.07) is 3.87. The van der Waals surface area contributed by atoms with Gasteiger partial charge in [-0.2, -0.15) is 0 Å². The number of nitrogens with one attached hydrogen (secondary N) is 2. The first-order valence-electron chi connectivity index (χ1n) is 6.15. The SMILES string of the molecule is COc1ccc(NC(=O)C2CC(O)CN2)c(C(=O)O)c1. The molecule has 1 aromatic rings. The minimum absolute atomic E-state index is 0.0451. The van der Waals surface area contributed by atoms with Crippen molar-refractivity contribution in [3.8, 4) is 5.75 Å². The van der Waals surface area contributed by atoms with Gasteiger partial charge in [-0.15, -0.1) is 0 Å². The van der Waals surface area contributed by atoms with E-state index in [1.54, 1.807) is 6.07 Å².